The van der Waals surface area contributed by atoms with Gasteiger partial charge in [-0.05, 0) is 36.8 Å². The fraction of sp³-hybridized carbons (Fsp3) is 0.130. The topological polar surface area (TPSA) is 86.8 Å². The van der Waals surface area contributed by atoms with Crippen molar-refractivity contribution in [2.75, 3.05) is 15.7 Å². The molecular weight excluding hydrogens is 452 g/mol. The van der Waals surface area contributed by atoms with Crippen LogP contribution in [0.25, 0.3) is 0 Å². The molecule has 7 nitrogen and oxygen atoms in total. The first-order chi connectivity index (χ1) is 15.7. The zero-order valence-corrected chi connectivity index (χ0v) is 18.3. The number of nitrogens with one attached hydrogen (secondary N) is 1. The second-order valence-corrected chi connectivity index (χ2v) is 9.22. The predicted octanol–water partition coefficient (Wildman–Crippen LogP) is 3.72. The van der Waals surface area contributed by atoms with Crippen LogP contribution in [0.1, 0.15) is 11.1 Å². The highest BCUT2D eigenvalue weighted by Crippen LogP contribution is 2.38. The number of nitrogens with zero attached hydrogens (tertiary/aromatic N) is 2. The Hall–Kier alpha value is -3.79. The van der Waals surface area contributed by atoms with Crippen LogP contribution in [0.5, 0.6) is 0 Å². The molecule has 0 bridgehead atoms. The average molecular weight is 471 g/mol. The number of benzene rings is 3. The van der Waals surface area contributed by atoms with Crippen LogP contribution in [0.2, 0.25) is 0 Å². The predicted molar refractivity (Wildman–Crippen MR) is 118 cm³/mol. The number of sulfonamides is 1. The number of carbonyl (C=O) groups excluding carboxylic acids is 2. The highest BCUT2D eigenvalue weighted by Gasteiger charge is 2.44. The molecule has 0 unspecified atom stereocenters. The van der Waals surface area contributed by atoms with Crippen molar-refractivity contribution in [2.24, 2.45) is 0 Å². The maximum atomic E-state index is 14.5. The molecule has 1 N–H and O–H groups in total. The molecule has 170 valence electrons. The molecule has 1 heterocycles. The molecule has 0 radical (unpaired) electrons. The maximum absolute atomic E-state index is 14.5. The van der Waals surface area contributed by atoms with Crippen LogP contribution in [-0.2, 0) is 21.4 Å². The Kier molecular flexibility index (Phi) is 5.86. The van der Waals surface area contributed by atoms with Gasteiger partial charge >= 0.3 is 6.03 Å². The van der Waals surface area contributed by atoms with Crippen molar-refractivity contribution in [3.63, 3.8) is 0 Å². The van der Waals surface area contributed by atoms with Gasteiger partial charge in [-0.15, -0.1) is 0 Å². The number of hydrogen-bond acceptors (Lipinski definition) is 4. The molecule has 3 aromatic rings. The standard InChI is InChI=1S/C23H19F2N3O4S/c1-15-6-8-16(9-7-15)13-26-22(29)14-27-19-4-2-3-5-21(19)33(31,32)28(23(27)30)20-12-17(24)10-11-18(20)25/h2-12H,13-14H2,1H3,(H,26,29). The van der Waals surface area contributed by atoms with Gasteiger partial charge in [-0.1, -0.05) is 42.0 Å². The molecule has 3 amide bonds. The lowest BCUT2D eigenvalue weighted by molar-refractivity contribution is -0.119. The zero-order valence-electron chi connectivity index (χ0n) is 17.5. The van der Waals surface area contributed by atoms with Crippen LogP contribution in [0.3, 0.4) is 0 Å². The molecule has 1 aliphatic rings. The molecule has 0 aromatic heterocycles. The van der Waals surface area contributed by atoms with Crippen LogP contribution in [0, 0.1) is 18.6 Å². The van der Waals surface area contributed by atoms with E-state index in [4.69, 9.17) is 0 Å². The Morgan fingerprint density at radius 2 is 1.67 bits per heavy atom. The molecule has 10 heteroatoms. The third-order valence-corrected chi connectivity index (χ3v) is 6.85. The van der Waals surface area contributed by atoms with Crippen molar-refractivity contribution >= 4 is 33.3 Å². The van der Waals surface area contributed by atoms with Gasteiger partial charge < -0.3 is 5.32 Å². The van der Waals surface area contributed by atoms with Gasteiger partial charge in [0.25, 0.3) is 10.0 Å². The summed E-state index contributed by atoms with van der Waals surface area (Å²) in [5.74, 6) is -2.58. The van der Waals surface area contributed by atoms with E-state index in [1.807, 2.05) is 31.2 Å². The van der Waals surface area contributed by atoms with Crippen LogP contribution in [0.4, 0.5) is 25.0 Å². The third kappa shape index (κ3) is 4.29. The molecular formula is C23H19F2N3O4S. The average Bonchev–Trinajstić information content (AvgIpc) is 2.78. The Bertz CT molecular complexity index is 1340. The summed E-state index contributed by atoms with van der Waals surface area (Å²) < 4.78 is 54.7. The van der Waals surface area contributed by atoms with Crippen LogP contribution in [0.15, 0.2) is 71.6 Å². The largest absolute Gasteiger partial charge is 0.350 e. The van der Waals surface area contributed by atoms with Gasteiger partial charge in [-0.2, -0.15) is 4.31 Å². The monoisotopic (exact) mass is 471 g/mol. The van der Waals surface area contributed by atoms with Crippen molar-refractivity contribution in [1.82, 2.24) is 5.32 Å². The highest BCUT2D eigenvalue weighted by atomic mass is 32.2. The van der Waals surface area contributed by atoms with Gasteiger partial charge in [-0.25, -0.2) is 22.0 Å². The molecule has 0 spiro atoms. The minimum absolute atomic E-state index is 0.0268. The lowest BCUT2D eigenvalue weighted by Crippen LogP contribution is -2.54. The number of amides is 3. The Balaban J connectivity index is 1.67. The number of fused-ring (bicyclic) bond motifs is 1. The van der Waals surface area contributed by atoms with E-state index in [-0.39, 0.29) is 21.4 Å². The first-order valence-electron chi connectivity index (χ1n) is 9.91. The molecule has 0 atom stereocenters. The number of anilines is 2. The number of urea groups is 1. The minimum Gasteiger partial charge on any atom is -0.350 e. The van der Waals surface area contributed by atoms with Gasteiger partial charge in [0.2, 0.25) is 5.91 Å². The molecule has 0 aliphatic carbocycles. The number of rotatable bonds is 5. The molecule has 4 rings (SSSR count). The normalized spacial score (nSPS) is 14.7. The van der Waals surface area contributed by atoms with E-state index in [2.05, 4.69) is 5.32 Å². The van der Waals surface area contributed by atoms with E-state index in [1.54, 1.807) is 0 Å². The van der Waals surface area contributed by atoms with Crippen molar-refractivity contribution in [3.05, 3.63) is 89.5 Å². The van der Waals surface area contributed by atoms with Gasteiger partial charge in [-0.3, -0.25) is 9.69 Å². The van der Waals surface area contributed by atoms with Gasteiger partial charge in [0.1, 0.15) is 28.8 Å². The number of carbonyl (C=O) groups is 2. The van der Waals surface area contributed by atoms with Crippen molar-refractivity contribution in [1.29, 1.82) is 0 Å². The summed E-state index contributed by atoms with van der Waals surface area (Å²) in [5, 5.41) is 2.68. The summed E-state index contributed by atoms with van der Waals surface area (Å²) in [7, 11) is -4.55. The quantitative estimate of drug-likeness (QED) is 0.615. The second kappa shape index (κ2) is 8.62. The third-order valence-electron chi connectivity index (χ3n) is 5.12. The smallest absolute Gasteiger partial charge is 0.343 e. The molecule has 0 saturated carbocycles. The number of para-hydroxylation sites is 1. The first kappa shape index (κ1) is 22.4. The minimum atomic E-state index is -4.55. The van der Waals surface area contributed by atoms with Crippen molar-refractivity contribution < 1.29 is 26.8 Å². The molecule has 0 saturated heterocycles. The SMILES string of the molecule is Cc1ccc(CNC(=O)CN2C(=O)N(c3cc(F)ccc3F)S(=O)(=O)c3ccccc32)cc1. The van der Waals surface area contributed by atoms with Gasteiger partial charge in [0, 0.05) is 12.6 Å². The van der Waals surface area contributed by atoms with Crippen LogP contribution in [-0.4, -0.2) is 26.9 Å². The molecule has 3 aromatic carbocycles. The van der Waals surface area contributed by atoms with E-state index < -0.39 is 45.8 Å². The summed E-state index contributed by atoms with van der Waals surface area (Å²) in [6.45, 7) is 1.61. The van der Waals surface area contributed by atoms with Crippen LogP contribution >= 0.6 is 0 Å². The Morgan fingerprint density at radius 1 is 0.970 bits per heavy atom. The lowest BCUT2D eigenvalue weighted by Gasteiger charge is -2.35. The fourth-order valence-corrected chi connectivity index (χ4v) is 5.04. The van der Waals surface area contributed by atoms with E-state index in [0.29, 0.717) is 6.07 Å². The summed E-state index contributed by atoms with van der Waals surface area (Å²) in [5.41, 5.74) is 1.11. The number of hydrogen-bond donors (Lipinski definition) is 1. The number of halogens is 2. The maximum Gasteiger partial charge on any atom is 0.343 e. The van der Waals surface area contributed by atoms with Crippen molar-refractivity contribution in [3.8, 4) is 0 Å². The summed E-state index contributed by atoms with van der Waals surface area (Å²) in [6.07, 6.45) is 0. The zero-order chi connectivity index (χ0) is 23.8. The molecule has 33 heavy (non-hydrogen) atoms. The van der Waals surface area contributed by atoms with Crippen molar-refractivity contribution in [2.45, 2.75) is 18.4 Å². The lowest BCUT2D eigenvalue weighted by atomic mass is 10.1. The van der Waals surface area contributed by atoms with E-state index in [0.717, 1.165) is 28.2 Å². The fourth-order valence-electron chi connectivity index (χ4n) is 3.44. The van der Waals surface area contributed by atoms with E-state index >= 15 is 0 Å². The van der Waals surface area contributed by atoms with E-state index in [1.165, 1.54) is 24.3 Å². The Morgan fingerprint density at radius 3 is 2.39 bits per heavy atom. The van der Waals surface area contributed by atoms with Gasteiger partial charge in [0.15, 0.2) is 0 Å². The molecule has 0 fully saturated rings. The summed E-state index contributed by atoms with van der Waals surface area (Å²) >= 11 is 0. The van der Waals surface area contributed by atoms with E-state index in [9.17, 15) is 26.8 Å². The first-order valence-corrected chi connectivity index (χ1v) is 11.4. The van der Waals surface area contributed by atoms with Gasteiger partial charge in [0.05, 0.1) is 5.69 Å². The summed E-state index contributed by atoms with van der Waals surface area (Å²) in [6, 6.07) is 14.0. The van der Waals surface area contributed by atoms with Crippen LogP contribution < -0.4 is 14.5 Å². The molecule has 1 aliphatic heterocycles. The second-order valence-electron chi connectivity index (χ2n) is 7.46. The number of aryl methyl sites for hydroxylation is 1. The highest BCUT2D eigenvalue weighted by molar-refractivity contribution is 7.94. The summed E-state index contributed by atoms with van der Waals surface area (Å²) in [4.78, 5) is 26.5. The Labute approximate surface area is 189 Å².